The lowest BCUT2D eigenvalue weighted by atomic mass is 10.2. The van der Waals surface area contributed by atoms with Crippen LogP contribution in [0.25, 0.3) is 0 Å². The lowest BCUT2D eigenvalue weighted by Gasteiger charge is -2.26. The Labute approximate surface area is 118 Å². The van der Waals surface area contributed by atoms with Gasteiger partial charge in [-0.15, -0.1) is 4.33 Å². The number of hydrogen-bond acceptors (Lipinski definition) is 6. The van der Waals surface area contributed by atoms with Gasteiger partial charge in [-0.2, -0.15) is 22.0 Å². The fraction of sp³-hybridized carbons (Fsp3) is 0.300. The second-order valence-electron chi connectivity index (χ2n) is 3.48. The number of rotatable bonds is 6. The maximum absolute atomic E-state index is 13.3. The molecule has 5 nitrogen and oxygen atoms in total. The summed E-state index contributed by atoms with van der Waals surface area (Å²) in [5.41, 5.74) is -0.341. The van der Waals surface area contributed by atoms with Gasteiger partial charge in [-0.05, 0) is 12.1 Å². The molecule has 1 N–H and O–H groups in total. The molecule has 1 rings (SSSR count). The Morgan fingerprint density at radius 2 is 1.71 bits per heavy atom. The monoisotopic (exact) mass is 334 g/mol. The van der Waals surface area contributed by atoms with E-state index in [0.717, 1.165) is 12.1 Å². The lowest BCUT2D eigenvalue weighted by Crippen LogP contribution is -2.46. The van der Waals surface area contributed by atoms with Crippen LogP contribution in [0, 0.1) is 0 Å². The van der Waals surface area contributed by atoms with Gasteiger partial charge in [0.25, 0.3) is 6.10 Å². The summed E-state index contributed by atoms with van der Waals surface area (Å²) in [6.45, 7) is 0. The van der Waals surface area contributed by atoms with Gasteiger partial charge in [-0.25, -0.2) is 10.1 Å². The molecular formula is C10H7F5O5S. The number of carbonyl (C=O) groups excluding carboxylic acids is 1. The van der Waals surface area contributed by atoms with E-state index in [1.165, 1.54) is 18.2 Å². The average molecular weight is 334 g/mol. The molecule has 1 atom stereocenters. The van der Waals surface area contributed by atoms with Crippen LogP contribution in [0.3, 0.4) is 0 Å². The van der Waals surface area contributed by atoms with E-state index < -0.39 is 35.5 Å². The Bertz CT molecular complexity index is 467. The molecule has 0 saturated carbocycles. The molecule has 0 aromatic heterocycles. The van der Waals surface area contributed by atoms with Crippen molar-refractivity contribution in [1.82, 2.24) is 0 Å². The van der Waals surface area contributed by atoms with Crippen molar-refractivity contribution in [3.05, 3.63) is 35.9 Å². The molecule has 1 aromatic rings. The second-order valence-corrected chi connectivity index (χ2v) is 4.33. The molecule has 0 aliphatic rings. The van der Waals surface area contributed by atoms with Crippen LogP contribution in [-0.4, -0.2) is 28.8 Å². The standard InChI is InChI=1S/C10H7F5O5S/c11-9(12,13)8(10(14,15)21-20-19-17)18-7(16)6-4-2-1-3-5-6/h1-5,8,17H. The van der Waals surface area contributed by atoms with Crippen molar-refractivity contribution < 1.29 is 46.1 Å². The van der Waals surface area contributed by atoms with Gasteiger partial charge in [-0.1, -0.05) is 23.2 Å². The van der Waals surface area contributed by atoms with Gasteiger partial charge in [0.1, 0.15) is 12.0 Å². The third kappa shape index (κ3) is 5.12. The van der Waals surface area contributed by atoms with Crippen LogP contribution < -0.4 is 0 Å². The van der Waals surface area contributed by atoms with Crippen LogP contribution in [0.4, 0.5) is 22.0 Å². The second kappa shape index (κ2) is 7.02. The summed E-state index contributed by atoms with van der Waals surface area (Å²) in [5, 5.41) is 5.77. The normalized spacial score (nSPS) is 13.8. The molecular weight excluding hydrogens is 327 g/mol. The molecule has 0 saturated heterocycles. The lowest BCUT2D eigenvalue weighted by molar-refractivity contribution is -0.434. The molecule has 0 heterocycles. The highest BCUT2D eigenvalue weighted by atomic mass is 32.2. The van der Waals surface area contributed by atoms with Crippen molar-refractivity contribution in [2.24, 2.45) is 0 Å². The first-order chi connectivity index (χ1) is 9.68. The Kier molecular flexibility index (Phi) is 5.89. The van der Waals surface area contributed by atoms with Crippen LogP contribution in [-0.2, 0) is 14.1 Å². The third-order valence-corrected chi connectivity index (χ3v) is 2.58. The number of alkyl halides is 5. The first kappa shape index (κ1) is 17.6. The Morgan fingerprint density at radius 3 is 2.19 bits per heavy atom. The van der Waals surface area contributed by atoms with E-state index in [0.29, 0.717) is 0 Å². The van der Waals surface area contributed by atoms with Crippen LogP contribution >= 0.6 is 12.0 Å². The van der Waals surface area contributed by atoms with Crippen molar-refractivity contribution in [1.29, 1.82) is 0 Å². The van der Waals surface area contributed by atoms with Gasteiger partial charge in [0.15, 0.2) is 0 Å². The molecule has 0 aliphatic heterocycles. The smallest absolute Gasteiger partial charge is 0.432 e. The summed E-state index contributed by atoms with van der Waals surface area (Å²) in [6, 6.07) is 6.28. The van der Waals surface area contributed by atoms with E-state index >= 15 is 0 Å². The summed E-state index contributed by atoms with van der Waals surface area (Å²) in [6.07, 6.45) is -9.36. The van der Waals surface area contributed by atoms with Gasteiger partial charge in [-0.3, -0.25) is 0 Å². The molecule has 0 aliphatic carbocycles. The van der Waals surface area contributed by atoms with Crippen LogP contribution in [0.2, 0.25) is 0 Å². The minimum Gasteiger partial charge on any atom is -0.441 e. The van der Waals surface area contributed by atoms with E-state index in [4.69, 9.17) is 5.26 Å². The predicted molar refractivity (Wildman–Crippen MR) is 59.0 cm³/mol. The number of benzene rings is 1. The summed E-state index contributed by atoms with van der Waals surface area (Å²) in [5.74, 6) is -1.59. The Balaban J connectivity index is 2.92. The molecule has 0 amide bonds. The zero-order chi connectivity index (χ0) is 16.1. The van der Waals surface area contributed by atoms with Crippen molar-refractivity contribution in [2.75, 3.05) is 0 Å². The van der Waals surface area contributed by atoms with Gasteiger partial charge in [0, 0.05) is 0 Å². The largest absolute Gasteiger partial charge is 0.441 e. The van der Waals surface area contributed by atoms with Crippen LogP contribution in [0.5, 0.6) is 0 Å². The fourth-order valence-corrected chi connectivity index (χ4v) is 1.57. The maximum Gasteiger partial charge on any atom is 0.432 e. The van der Waals surface area contributed by atoms with E-state index in [1.54, 1.807) is 0 Å². The van der Waals surface area contributed by atoms with E-state index in [2.05, 4.69) is 14.1 Å². The summed E-state index contributed by atoms with van der Waals surface area (Å²) < 4.78 is 71.5. The minimum atomic E-state index is -5.57. The molecule has 0 spiro atoms. The average Bonchev–Trinajstić information content (AvgIpc) is 2.42. The van der Waals surface area contributed by atoms with Crippen molar-refractivity contribution in [2.45, 2.75) is 17.5 Å². The zero-order valence-electron chi connectivity index (χ0n) is 9.84. The molecule has 0 fully saturated rings. The highest BCUT2D eigenvalue weighted by molar-refractivity contribution is 7.95. The van der Waals surface area contributed by atoms with Gasteiger partial charge in [0.05, 0.1) is 5.56 Å². The van der Waals surface area contributed by atoms with Crippen LogP contribution in [0.15, 0.2) is 30.3 Å². The molecule has 21 heavy (non-hydrogen) atoms. The minimum absolute atomic E-state index is 0.341. The van der Waals surface area contributed by atoms with Gasteiger partial charge in [0.2, 0.25) is 0 Å². The van der Waals surface area contributed by atoms with Gasteiger partial charge < -0.3 is 4.74 Å². The highest BCUT2D eigenvalue weighted by Gasteiger charge is 2.60. The summed E-state index contributed by atoms with van der Waals surface area (Å²) in [4.78, 5) is 11.4. The van der Waals surface area contributed by atoms with E-state index in [1.807, 2.05) is 0 Å². The summed E-state index contributed by atoms with van der Waals surface area (Å²) >= 11 is -1.15. The molecule has 0 radical (unpaired) electrons. The fourth-order valence-electron chi connectivity index (χ4n) is 1.18. The number of hydrogen-bond donors (Lipinski definition) is 1. The first-order valence-electron chi connectivity index (χ1n) is 5.05. The van der Waals surface area contributed by atoms with Crippen molar-refractivity contribution in [3.63, 3.8) is 0 Å². The van der Waals surface area contributed by atoms with Gasteiger partial charge >= 0.3 is 17.4 Å². The van der Waals surface area contributed by atoms with Crippen molar-refractivity contribution in [3.8, 4) is 0 Å². The number of carbonyl (C=O) groups is 1. The Morgan fingerprint density at radius 1 is 1.14 bits per heavy atom. The predicted octanol–water partition coefficient (Wildman–Crippen LogP) is 3.44. The van der Waals surface area contributed by atoms with Crippen LogP contribution in [0.1, 0.15) is 10.4 Å². The topological polar surface area (TPSA) is 65.0 Å². The molecule has 1 unspecified atom stereocenters. The maximum atomic E-state index is 13.3. The number of ether oxygens (including phenoxy) is 1. The van der Waals surface area contributed by atoms with E-state index in [9.17, 15) is 26.7 Å². The first-order valence-corrected chi connectivity index (χ1v) is 5.79. The summed E-state index contributed by atoms with van der Waals surface area (Å²) in [7, 11) is 0. The zero-order valence-corrected chi connectivity index (χ0v) is 10.7. The molecule has 1 aromatic carbocycles. The molecule has 0 bridgehead atoms. The SMILES string of the molecule is O=C(OC(C(F)(F)F)C(F)(F)SOOO)c1ccccc1. The quantitative estimate of drug-likeness (QED) is 0.283. The third-order valence-electron chi connectivity index (χ3n) is 2.01. The number of esters is 1. The highest BCUT2D eigenvalue weighted by Crippen LogP contribution is 2.42. The molecule has 118 valence electrons. The molecule has 11 heteroatoms. The number of halogens is 5. The Hall–Kier alpha value is -1.43. The van der Waals surface area contributed by atoms with E-state index in [-0.39, 0.29) is 5.56 Å². The van der Waals surface area contributed by atoms with Crippen molar-refractivity contribution >= 4 is 18.0 Å².